The number of hydrogen-bond acceptors (Lipinski definition) is 2. The van der Waals surface area contributed by atoms with Gasteiger partial charge < -0.3 is 11.1 Å². The fraction of sp³-hybridized carbons (Fsp3) is 0.929. The van der Waals surface area contributed by atoms with Gasteiger partial charge >= 0.3 is 0 Å². The molecule has 112 valence electrons. The van der Waals surface area contributed by atoms with E-state index in [0.717, 1.165) is 19.0 Å². The molecular formula is C14H29IN4. The zero-order chi connectivity index (χ0) is 12.8. The molecule has 1 aliphatic carbocycles. The maximum absolute atomic E-state index is 5.92. The lowest BCUT2D eigenvalue weighted by Gasteiger charge is -2.26. The number of nitrogens with zero attached hydrogens (tertiary/aromatic N) is 2. The van der Waals surface area contributed by atoms with Crippen LogP contribution in [0.1, 0.15) is 45.4 Å². The molecule has 0 aromatic rings. The molecule has 0 aromatic heterocycles. The molecule has 2 aliphatic rings. The van der Waals surface area contributed by atoms with Crippen LogP contribution < -0.4 is 11.1 Å². The predicted molar refractivity (Wildman–Crippen MR) is 92.1 cm³/mol. The first-order valence-corrected chi connectivity index (χ1v) is 7.57. The fourth-order valence-electron chi connectivity index (χ4n) is 2.81. The van der Waals surface area contributed by atoms with E-state index in [1.807, 2.05) is 0 Å². The molecule has 19 heavy (non-hydrogen) atoms. The Morgan fingerprint density at radius 3 is 2.53 bits per heavy atom. The molecule has 2 fully saturated rings. The van der Waals surface area contributed by atoms with Crippen LogP contribution in [0.4, 0.5) is 0 Å². The van der Waals surface area contributed by atoms with E-state index in [-0.39, 0.29) is 24.0 Å². The number of nitrogens with two attached hydrogens (primary N) is 1. The van der Waals surface area contributed by atoms with Crippen molar-refractivity contribution in [3.63, 3.8) is 0 Å². The molecule has 1 saturated carbocycles. The highest BCUT2D eigenvalue weighted by molar-refractivity contribution is 14.0. The van der Waals surface area contributed by atoms with E-state index >= 15 is 0 Å². The Bertz CT molecular complexity index is 273. The molecular weight excluding hydrogens is 351 g/mol. The Kier molecular flexibility index (Phi) is 8.06. The summed E-state index contributed by atoms with van der Waals surface area (Å²) in [4.78, 5) is 7.07. The lowest BCUT2D eigenvalue weighted by Crippen LogP contribution is -2.39. The topological polar surface area (TPSA) is 53.6 Å². The second kappa shape index (κ2) is 9.00. The molecule has 1 saturated heterocycles. The first-order chi connectivity index (χ1) is 8.79. The fourth-order valence-corrected chi connectivity index (χ4v) is 2.81. The molecule has 1 unspecified atom stereocenters. The van der Waals surface area contributed by atoms with Crippen molar-refractivity contribution in [1.82, 2.24) is 10.2 Å². The molecule has 5 heteroatoms. The Labute approximate surface area is 134 Å². The number of likely N-dealkylation sites (tertiary alicyclic amines) is 1. The van der Waals surface area contributed by atoms with Gasteiger partial charge in [0.05, 0.1) is 6.54 Å². The maximum Gasteiger partial charge on any atom is 0.188 e. The Morgan fingerprint density at radius 2 is 2.00 bits per heavy atom. The smallest absolute Gasteiger partial charge is 0.188 e. The monoisotopic (exact) mass is 380 g/mol. The number of halogens is 1. The minimum atomic E-state index is 0. The highest BCUT2D eigenvalue weighted by Crippen LogP contribution is 2.24. The quantitative estimate of drug-likeness (QED) is 0.422. The van der Waals surface area contributed by atoms with Crippen molar-refractivity contribution in [1.29, 1.82) is 0 Å². The zero-order valence-corrected chi connectivity index (χ0v) is 14.4. The SMILES string of the molecule is CCC(CN=C(N)NCC1CCC1)N1CCCC1.I. The van der Waals surface area contributed by atoms with E-state index < -0.39 is 0 Å². The van der Waals surface area contributed by atoms with Crippen molar-refractivity contribution in [2.75, 3.05) is 26.2 Å². The van der Waals surface area contributed by atoms with Gasteiger partial charge in [-0.3, -0.25) is 9.89 Å². The Hall–Kier alpha value is -0.0400. The number of aliphatic imine (C=N–C) groups is 1. The second-order valence-electron chi connectivity index (χ2n) is 5.71. The molecule has 0 amide bonds. The highest BCUT2D eigenvalue weighted by atomic mass is 127. The third-order valence-corrected chi connectivity index (χ3v) is 4.40. The third-order valence-electron chi connectivity index (χ3n) is 4.40. The molecule has 0 spiro atoms. The third kappa shape index (κ3) is 5.45. The summed E-state index contributed by atoms with van der Waals surface area (Å²) in [5, 5.41) is 3.26. The second-order valence-corrected chi connectivity index (χ2v) is 5.71. The number of nitrogens with one attached hydrogen (secondary N) is 1. The standard InChI is InChI=1S/C14H28N4.HI/c1-2-13(18-8-3-4-9-18)11-17-14(15)16-10-12-6-5-7-12;/h12-13H,2-11H2,1H3,(H3,15,16,17);1H. The van der Waals surface area contributed by atoms with Crippen molar-refractivity contribution in [3.8, 4) is 0 Å². The first kappa shape index (κ1) is 17.0. The summed E-state index contributed by atoms with van der Waals surface area (Å²) in [5.41, 5.74) is 5.92. The van der Waals surface area contributed by atoms with Gasteiger partial charge in [-0.2, -0.15) is 0 Å². The van der Waals surface area contributed by atoms with Gasteiger partial charge in [-0.1, -0.05) is 13.3 Å². The van der Waals surface area contributed by atoms with E-state index in [4.69, 9.17) is 5.73 Å². The number of guanidine groups is 1. The highest BCUT2D eigenvalue weighted by Gasteiger charge is 2.20. The van der Waals surface area contributed by atoms with Crippen LogP contribution in [0.25, 0.3) is 0 Å². The van der Waals surface area contributed by atoms with Gasteiger partial charge in [0, 0.05) is 12.6 Å². The van der Waals surface area contributed by atoms with Crippen molar-refractivity contribution in [3.05, 3.63) is 0 Å². The molecule has 3 N–H and O–H groups in total. The van der Waals surface area contributed by atoms with Crippen LogP contribution in [0.5, 0.6) is 0 Å². The summed E-state index contributed by atoms with van der Waals surface area (Å²) in [7, 11) is 0. The normalized spacial score (nSPS) is 22.7. The Morgan fingerprint density at radius 1 is 1.32 bits per heavy atom. The molecule has 0 aromatic carbocycles. The van der Waals surface area contributed by atoms with Crippen molar-refractivity contribution < 1.29 is 0 Å². The van der Waals surface area contributed by atoms with Crippen LogP contribution in [0.15, 0.2) is 4.99 Å². The molecule has 0 radical (unpaired) electrons. The van der Waals surface area contributed by atoms with Gasteiger partial charge in [0.1, 0.15) is 0 Å². The molecule has 4 nitrogen and oxygen atoms in total. The molecule has 1 atom stereocenters. The number of rotatable bonds is 6. The minimum Gasteiger partial charge on any atom is -0.370 e. The molecule has 1 aliphatic heterocycles. The van der Waals surface area contributed by atoms with E-state index in [1.165, 1.54) is 51.6 Å². The van der Waals surface area contributed by atoms with Crippen LogP contribution in [0.2, 0.25) is 0 Å². The van der Waals surface area contributed by atoms with Crippen molar-refractivity contribution in [2.24, 2.45) is 16.6 Å². The zero-order valence-electron chi connectivity index (χ0n) is 12.1. The van der Waals surface area contributed by atoms with Crippen LogP contribution in [-0.4, -0.2) is 43.1 Å². The van der Waals surface area contributed by atoms with E-state index in [0.29, 0.717) is 12.0 Å². The summed E-state index contributed by atoms with van der Waals surface area (Å²) >= 11 is 0. The van der Waals surface area contributed by atoms with Gasteiger partial charge in [0.2, 0.25) is 0 Å². The van der Waals surface area contributed by atoms with Gasteiger partial charge in [-0.15, -0.1) is 24.0 Å². The van der Waals surface area contributed by atoms with Crippen molar-refractivity contribution in [2.45, 2.75) is 51.5 Å². The molecule has 0 bridgehead atoms. The van der Waals surface area contributed by atoms with Gasteiger partial charge in [0.15, 0.2) is 5.96 Å². The summed E-state index contributed by atoms with van der Waals surface area (Å²) in [6.07, 6.45) is 7.94. The number of hydrogen-bond donors (Lipinski definition) is 2. The van der Waals surface area contributed by atoms with Crippen molar-refractivity contribution >= 4 is 29.9 Å². The average Bonchev–Trinajstić information content (AvgIpc) is 2.81. The van der Waals surface area contributed by atoms with Gasteiger partial charge in [-0.05, 0) is 51.1 Å². The van der Waals surface area contributed by atoms with E-state index in [1.54, 1.807) is 0 Å². The van der Waals surface area contributed by atoms with Gasteiger partial charge in [-0.25, -0.2) is 0 Å². The van der Waals surface area contributed by atoms with Crippen LogP contribution in [0, 0.1) is 5.92 Å². The molecule has 1 heterocycles. The average molecular weight is 380 g/mol. The van der Waals surface area contributed by atoms with Crippen LogP contribution in [-0.2, 0) is 0 Å². The molecule has 2 rings (SSSR count). The van der Waals surface area contributed by atoms with Crippen LogP contribution in [0.3, 0.4) is 0 Å². The minimum absolute atomic E-state index is 0. The summed E-state index contributed by atoms with van der Waals surface area (Å²) in [5.74, 6) is 1.47. The summed E-state index contributed by atoms with van der Waals surface area (Å²) in [6, 6.07) is 0.580. The predicted octanol–water partition coefficient (Wildman–Crippen LogP) is 2.18. The first-order valence-electron chi connectivity index (χ1n) is 7.57. The van der Waals surface area contributed by atoms with E-state index in [2.05, 4.69) is 22.1 Å². The summed E-state index contributed by atoms with van der Waals surface area (Å²) in [6.45, 7) is 6.58. The lowest BCUT2D eigenvalue weighted by atomic mass is 9.85. The summed E-state index contributed by atoms with van der Waals surface area (Å²) < 4.78 is 0. The Balaban J connectivity index is 0.00000180. The lowest BCUT2D eigenvalue weighted by molar-refractivity contribution is 0.242. The largest absolute Gasteiger partial charge is 0.370 e. The van der Waals surface area contributed by atoms with Crippen LogP contribution >= 0.6 is 24.0 Å². The van der Waals surface area contributed by atoms with E-state index in [9.17, 15) is 0 Å². The van der Waals surface area contributed by atoms with Gasteiger partial charge in [0.25, 0.3) is 0 Å². The maximum atomic E-state index is 5.92.